The topological polar surface area (TPSA) is 93.5 Å². The van der Waals surface area contributed by atoms with Crippen LogP contribution in [-0.2, 0) is 40.3 Å². The minimum atomic E-state index is -1.10. The van der Waals surface area contributed by atoms with Crippen LogP contribution < -0.4 is 5.32 Å². The van der Waals surface area contributed by atoms with Crippen molar-refractivity contribution in [1.29, 1.82) is 0 Å². The number of fused-ring (bicyclic) bond motifs is 2. The van der Waals surface area contributed by atoms with Gasteiger partial charge < -0.3 is 19.7 Å². The summed E-state index contributed by atoms with van der Waals surface area (Å²) in [7, 11) is 1.56. The van der Waals surface area contributed by atoms with E-state index in [2.05, 4.69) is 46.7 Å². The highest BCUT2D eigenvalue weighted by molar-refractivity contribution is 5.90. The molecular formula is C32H31N3O4. The van der Waals surface area contributed by atoms with Gasteiger partial charge in [0.15, 0.2) is 0 Å². The molecule has 0 fully saturated rings. The van der Waals surface area contributed by atoms with E-state index in [9.17, 15) is 14.7 Å². The number of aromatic nitrogens is 2. The quantitative estimate of drug-likeness (QED) is 0.255. The van der Waals surface area contributed by atoms with Crippen LogP contribution in [0.1, 0.15) is 16.8 Å². The van der Waals surface area contributed by atoms with Crippen molar-refractivity contribution in [2.75, 3.05) is 7.11 Å². The summed E-state index contributed by atoms with van der Waals surface area (Å²) in [5.74, 6) is -1.86. The van der Waals surface area contributed by atoms with Gasteiger partial charge in [0.25, 0.3) is 0 Å². The maximum absolute atomic E-state index is 13.9. The number of carbonyl (C=O) groups excluding carboxylic acids is 1. The molecule has 0 saturated heterocycles. The molecule has 1 heterocycles. The number of hydrogen-bond acceptors (Lipinski definition) is 4. The van der Waals surface area contributed by atoms with Crippen molar-refractivity contribution in [3.8, 4) is 0 Å². The molecule has 0 aliphatic heterocycles. The predicted molar refractivity (Wildman–Crippen MR) is 151 cm³/mol. The second-order valence-electron chi connectivity index (χ2n) is 9.76. The molecule has 198 valence electrons. The zero-order valence-electron chi connectivity index (χ0n) is 21.8. The molecule has 0 spiro atoms. The molecule has 1 amide bonds. The van der Waals surface area contributed by atoms with E-state index in [0.29, 0.717) is 18.5 Å². The van der Waals surface area contributed by atoms with Gasteiger partial charge in [0.2, 0.25) is 5.91 Å². The molecule has 0 aliphatic rings. The molecule has 1 unspecified atom stereocenters. The molecule has 7 nitrogen and oxygen atoms in total. The van der Waals surface area contributed by atoms with Crippen LogP contribution in [0.25, 0.3) is 21.5 Å². The molecule has 39 heavy (non-hydrogen) atoms. The van der Waals surface area contributed by atoms with Gasteiger partial charge in [-0.2, -0.15) is 0 Å². The summed E-state index contributed by atoms with van der Waals surface area (Å²) in [6, 6.07) is 27.3. The lowest BCUT2D eigenvalue weighted by molar-refractivity contribution is -0.142. The third-order valence-electron chi connectivity index (χ3n) is 7.16. The minimum absolute atomic E-state index is 0.0969. The normalized spacial score (nSPS) is 12.2. The Hall–Kier alpha value is -4.49. The molecule has 5 aromatic rings. The minimum Gasteiger partial charge on any atom is -0.480 e. The van der Waals surface area contributed by atoms with Crippen molar-refractivity contribution < 1.29 is 19.4 Å². The van der Waals surface area contributed by atoms with Crippen molar-refractivity contribution in [3.05, 3.63) is 114 Å². The number of amides is 1. The van der Waals surface area contributed by atoms with Crippen LogP contribution in [0.15, 0.2) is 97.5 Å². The molecule has 0 bridgehead atoms. The monoisotopic (exact) mass is 521 g/mol. The molecular weight excluding hydrogens is 490 g/mol. The first kappa shape index (κ1) is 26.1. The van der Waals surface area contributed by atoms with Crippen molar-refractivity contribution in [1.82, 2.24) is 14.9 Å². The number of hydrogen-bond donors (Lipinski definition) is 2. The van der Waals surface area contributed by atoms with Crippen LogP contribution in [-0.4, -0.2) is 39.7 Å². The Morgan fingerprint density at radius 1 is 0.846 bits per heavy atom. The Labute approximate surface area is 227 Å². The highest BCUT2D eigenvalue weighted by Gasteiger charge is 2.28. The van der Waals surface area contributed by atoms with Crippen molar-refractivity contribution in [3.63, 3.8) is 0 Å². The number of carbonyl (C=O) groups is 2. The average Bonchev–Trinajstić information content (AvgIpc) is 3.39. The second-order valence-corrected chi connectivity index (χ2v) is 9.76. The second kappa shape index (κ2) is 11.9. The van der Waals surface area contributed by atoms with Crippen LogP contribution in [0.2, 0.25) is 0 Å². The number of nitrogens with one attached hydrogen (secondary N) is 1. The van der Waals surface area contributed by atoms with Crippen LogP contribution in [0, 0.1) is 5.92 Å². The highest BCUT2D eigenvalue weighted by atomic mass is 16.5. The van der Waals surface area contributed by atoms with E-state index in [1.54, 1.807) is 24.2 Å². The summed E-state index contributed by atoms with van der Waals surface area (Å²) in [6.07, 6.45) is 4.24. The number of ether oxygens (including phenoxy) is 1. The zero-order valence-corrected chi connectivity index (χ0v) is 21.8. The largest absolute Gasteiger partial charge is 0.480 e. The van der Waals surface area contributed by atoms with Gasteiger partial charge in [-0.25, -0.2) is 9.78 Å². The van der Waals surface area contributed by atoms with Gasteiger partial charge in [0.05, 0.1) is 6.33 Å². The van der Waals surface area contributed by atoms with Gasteiger partial charge in [0.1, 0.15) is 12.8 Å². The average molecular weight is 522 g/mol. The van der Waals surface area contributed by atoms with Gasteiger partial charge in [-0.15, -0.1) is 0 Å². The molecule has 0 saturated carbocycles. The third kappa shape index (κ3) is 5.99. The first-order valence-electron chi connectivity index (χ1n) is 13.0. The van der Waals surface area contributed by atoms with E-state index >= 15 is 0 Å². The van der Waals surface area contributed by atoms with Gasteiger partial charge >= 0.3 is 5.97 Å². The Balaban J connectivity index is 1.46. The maximum atomic E-state index is 13.9. The lowest BCUT2D eigenvalue weighted by Gasteiger charge is -2.22. The first-order chi connectivity index (χ1) is 19.0. The summed E-state index contributed by atoms with van der Waals surface area (Å²) >= 11 is 0. The number of methoxy groups -OCH3 is 1. The molecule has 7 heteroatoms. The fourth-order valence-corrected chi connectivity index (χ4v) is 5.20. The van der Waals surface area contributed by atoms with E-state index in [-0.39, 0.29) is 19.1 Å². The fraction of sp³-hybridized carbons (Fsp3) is 0.219. The molecule has 1 aromatic heterocycles. The number of carboxylic acids is 1. The molecule has 4 aromatic carbocycles. The number of aliphatic carboxylic acids is 1. The van der Waals surface area contributed by atoms with Gasteiger partial charge in [0, 0.05) is 31.3 Å². The van der Waals surface area contributed by atoms with Gasteiger partial charge in [-0.05, 0) is 45.5 Å². The van der Waals surface area contributed by atoms with E-state index in [4.69, 9.17) is 4.74 Å². The third-order valence-corrected chi connectivity index (χ3v) is 7.16. The SMILES string of the molecule is COCn1cncc1CC(NC(=O)C(Cc1cccc2ccccc12)Cc1cccc2ccccc12)C(=O)O. The Morgan fingerprint density at radius 2 is 1.41 bits per heavy atom. The molecule has 5 rings (SSSR count). The zero-order chi connectivity index (χ0) is 27.2. The summed E-state index contributed by atoms with van der Waals surface area (Å²) in [5.41, 5.74) is 2.78. The highest BCUT2D eigenvalue weighted by Crippen LogP contribution is 2.26. The lowest BCUT2D eigenvalue weighted by atomic mass is 9.87. The smallest absolute Gasteiger partial charge is 0.326 e. The number of benzene rings is 4. The number of imidazole rings is 1. The Morgan fingerprint density at radius 3 is 1.97 bits per heavy atom. The van der Waals surface area contributed by atoms with Gasteiger partial charge in [-0.1, -0.05) is 84.9 Å². The van der Waals surface area contributed by atoms with E-state index in [0.717, 1.165) is 32.7 Å². The van der Waals surface area contributed by atoms with Crippen LogP contribution in [0.4, 0.5) is 0 Å². The number of nitrogens with zero attached hydrogens (tertiary/aromatic N) is 2. The van der Waals surface area contributed by atoms with Crippen molar-refractivity contribution in [2.24, 2.45) is 5.92 Å². The molecule has 0 radical (unpaired) electrons. The summed E-state index contributed by atoms with van der Waals surface area (Å²) in [5, 5.41) is 17.2. The Bertz CT molecular complexity index is 1520. The van der Waals surface area contributed by atoms with E-state index in [1.165, 1.54) is 0 Å². The predicted octanol–water partition coefficient (Wildman–Crippen LogP) is 5.01. The van der Waals surface area contributed by atoms with E-state index < -0.39 is 17.9 Å². The fourth-order valence-electron chi connectivity index (χ4n) is 5.20. The van der Waals surface area contributed by atoms with Crippen LogP contribution >= 0.6 is 0 Å². The van der Waals surface area contributed by atoms with Crippen LogP contribution in [0.5, 0.6) is 0 Å². The molecule has 1 atom stereocenters. The van der Waals surface area contributed by atoms with Gasteiger partial charge in [-0.3, -0.25) is 4.79 Å². The standard InChI is InChI=1S/C32H31N3O4/c1-39-21-35-20-33-19-27(35)18-30(32(37)38)34-31(36)26(16-24-12-6-10-22-8-2-4-14-28(22)24)17-25-13-7-11-23-9-3-5-15-29(23)25/h2-15,19-20,26,30H,16-18,21H2,1H3,(H,34,36)(H,37,38). The summed E-state index contributed by atoms with van der Waals surface area (Å²) in [4.78, 5) is 30.2. The van der Waals surface area contributed by atoms with Crippen molar-refractivity contribution in [2.45, 2.75) is 32.0 Å². The lowest BCUT2D eigenvalue weighted by Crippen LogP contribution is -2.46. The van der Waals surface area contributed by atoms with Crippen molar-refractivity contribution >= 4 is 33.4 Å². The number of rotatable bonds is 11. The molecule has 2 N–H and O–H groups in total. The summed E-state index contributed by atoms with van der Waals surface area (Å²) < 4.78 is 6.91. The molecule has 0 aliphatic carbocycles. The first-order valence-corrected chi connectivity index (χ1v) is 13.0. The van der Waals surface area contributed by atoms with Crippen LogP contribution in [0.3, 0.4) is 0 Å². The summed E-state index contributed by atoms with van der Waals surface area (Å²) in [6.45, 7) is 0.250. The maximum Gasteiger partial charge on any atom is 0.326 e. The number of carboxylic acid groups (broad SMARTS) is 1. The Kier molecular flexibility index (Phi) is 7.99. The van der Waals surface area contributed by atoms with E-state index in [1.807, 2.05) is 48.5 Å².